The lowest BCUT2D eigenvalue weighted by Crippen LogP contribution is -2.21. The molecule has 2 saturated carbocycles. The average molecular weight is 299 g/mol. The summed E-state index contributed by atoms with van der Waals surface area (Å²) in [5.41, 5.74) is 3.26. The molecule has 0 saturated heterocycles. The molecule has 1 aliphatic heterocycles. The Bertz CT molecular complexity index is 606. The molecule has 3 aliphatic rings. The van der Waals surface area contributed by atoms with E-state index in [0.29, 0.717) is 6.42 Å². The number of carbonyl (C=O) groups is 1. The van der Waals surface area contributed by atoms with E-state index in [9.17, 15) is 4.79 Å². The molecule has 1 aromatic rings. The van der Waals surface area contributed by atoms with E-state index in [1.807, 2.05) is 56.7 Å². The molecule has 4 rings (SSSR count). The van der Waals surface area contributed by atoms with Crippen LogP contribution in [0.4, 0.5) is 5.69 Å². The fourth-order valence-electron chi connectivity index (χ4n) is 3.30. The third kappa shape index (κ3) is 3.13. The predicted molar refractivity (Wildman–Crippen MR) is 91.4 cm³/mol. The molecule has 2 heteroatoms. The first-order valence-electron chi connectivity index (χ1n) is 7.95. The maximum atomic E-state index is 12.5. The van der Waals surface area contributed by atoms with Crippen LogP contribution in [0, 0.1) is 63.2 Å². The molecule has 112 valence electrons. The molecule has 0 spiro atoms. The molecule has 10 radical (unpaired) electrons. The molecule has 1 unspecified atom stereocenters. The minimum absolute atomic E-state index is 0.191. The highest BCUT2D eigenvalue weighted by atomic mass is 16.1. The van der Waals surface area contributed by atoms with Gasteiger partial charge < -0.3 is 0 Å². The van der Waals surface area contributed by atoms with Gasteiger partial charge in [-0.2, -0.15) is 0 Å². The molecule has 0 aromatic heterocycles. The lowest BCUT2D eigenvalue weighted by Gasteiger charge is -2.27. The van der Waals surface area contributed by atoms with Gasteiger partial charge in [0.25, 0.3) is 0 Å². The number of rotatable bonds is 4. The summed E-state index contributed by atoms with van der Waals surface area (Å²) in [6.07, 6.45) is 17.2. The number of hydrogen-bond donors (Lipinski definition) is 0. The number of nitrogens with zero attached hydrogens (tertiary/aromatic N) is 1. The van der Waals surface area contributed by atoms with E-state index < -0.39 is 0 Å². The van der Waals surface area contributed by atoms with Gasteiger partial charge in [-0.25, -0.2) is 0 Å². The third-order valence-electron chi connectivity index (χ3n) is 4.48. The van der Waals surface area contributed by atoms with Crippen molar-refractivity contribution in [3.05, 3.63) is 93.0 Å². The largest absolute Gasteiger partial charge is 0.299 e. The van der Waals surface area contributed by atoms with Crippen molar-refractivity contribution in [3.8, 4) is 0 Å². The number of para-hydroxylation sites is 1. The van der Waals surface area contributed by atoms with E-state index in [0.717, 1.165) is 29.7 Å². The first-order chi connectivity index (χ1) is 11.3. The van der Waals surface area contributed by atoms with E-state index in [-0.39, 0.29) is 11.7 Å². The van der Waals surface area contributed by atoms with Gasteiger partial charge in [0.2, 0.25) is 0 Å². The van der Waals surface area contributed by atoms with Crippen molar-refractivity contribution < 1.29 is 4.79 Å². The highest BCUT2D eigenvalue weighted by molar-refractivity contribution is 6.06. The van der Waals surface area contributed by atoms with Gasteiger partial charge in [0.15, 0.2) is 0 Å². The minimum atomic E-state index is 0.191. The van der Waals surface area contributed by atoms with Crippen LogP contribution in [-0.2, 0) is 4.79 Å². The summed E-state index contributed by atoms with van der Waals surface area (Å²) < 4.78 is 0. The SMILES string of the molecule is O=C(CC1CC([C]2[CH][CH][CH][CH]2)=Nc2ccccc21)[C]1[CH][CH][CH][CH]1. The van der Waals surface area contributed by atoms with Gasteiger partial charge in [-0.05, 0) is 75.3 Å². The standard InChI is InChI=1S/C21H17NO/c23-21(16-9-3-4-10-16)14-17-13-20(15-7-1-2-8-15)22-19-12-6-5-11-18(17)19/h1-12,17H,13-14H2. The monoisotopic (exact) mass is 299 g/mol. The predicted octanol–water partition coefficient (Wildman–Crippen LogP) is 4.02. The Morgan fingerprint density at radius 3 is 2.48 bits per heavy atom. The van der Waals surface area contributed by atoms with Gasteiger partial charge in [-0.15, -0.1) is 0 Å². The Morgan fingerprint density at radius 1 is 1.00 bits per heavy atom. The van der Waals surface area contributed by atoms with Crippen LogP contribution in [-0.4, -0.2) is 11.5 Å². The van der Waals surface area contributed by atoms with Gasteiger partial charge in [0.1, 0.15) is 5.78 Å². The van der Waals surface area contributed by atoms with Crippen molar-refractivity contribution >= 4 is 17.2 Å². The molecule has 2 fully saturated rings. The second-order valence-corrected chi connectivity index (χ2v) is 5.99. The van der Waals surface area contributed by atoms with Crippen LogP contribution in [0.15, 0.2) is 29.3 Å². The summed E-state index contributed by atoms with van der Waals surface area (Å²) >= 11 is 0. The Morgan fingerprint density at radius 2 is 1.70 bits per heavy atom. The van der Waals surface area contributed by atoms with Crippen molar-refractivity contribution in [1.29, 1.82) is 0 Å². The van der Waals surface area contributed by atoms with Crippen LogP contribution in [0.25, 0.3) is 0 Å². The van der Waals surface area contributed by atoms with Crippen LogP contribution >= 0.6 is 0 Å². The number of aliphatic imine (C=N–C) groups is 1. The number of Topliss-reactive ketones (excluding diaryl/α,β-unsaturated/α-hetero) is 1. The zero-order valence-corrected chi connectivity index (χ0v) is 12.8. The van der Waals surface area contributed by atoms with E-state index in [1.165, 1.54) is 5.56 Å². The summed E-state index contributed by atoms with van der Waals surface area (Å²) in [7, 11) is 0. The highest BCUT2D eigenvalue weighted by Crippen LogP contribution is 2.41. The quantitative estimate of drug-likeness (QED) is 0.825. The van der Waals surface area contributed by atoms with Crippen LogP contribution in [0.5, 0.6) is 0 Å². The first-order valence-corrected chi connectivity index (χ1v) is 7.95. The molecule has 1 heterocycles. The van der Waals surface area contributed by atoms with Crippen molar-refractivity contribution in [1.82, 2.24) is 0 Å². The smallest absolute Gasteiger partial charge is 0.141 e. The summed E-state index contributed by atoms with van der Waals surface area (Å²) in [6, 6.07) is 8.18. The number of fused-ring (bicyclic) bond motifs is 1. The third-order valence-corrected chi connectivity index (χ3v) is 4.48. The van der Waals surface area contributed by atoms with E-state index in [2.05, 4.69) is 18.9 Å². The Hall–Kier alpha value is -1.44. The summed E-state index contributed by atoms with van der Waals surface area (Å²) in [5, 5.41) is 0. The number of hydrogen-bond acceptors (Lipinski definition) is 2. The van der Waals surface area contributed by atoms with E-state index in [1.54, 1.807) is 0 Å². The Labute approximate surface area is 139 Å². The van der Waals surface area contributed by atoms with Crippen molar-refractivity contribution in [2.45, 2.75) is 18.8 Å². The van der Waals surface area contributed by atoms with Crippen LogP contribution in [0.3, 0.4) is 0 Å². The van der Waals surface area contributed by atoms with Gasteiger partial charge in [0, 0.05) is 24.0 Å². The molecule has 2 aliphatic carbocycles. The molecule has 1 atom stereocenters. The lowest BCUT2D eigenvalue weighted by molar-refractivity contribution is -0.117. The maximum Gasteiger partial charge on any atom is 0.141 e. The zero-order valence-electron chi connectivity index (χ0n) is 12.8. The van der Waals surface area contributed by atoms with Crippen LogP contribution < -0.4 is 0 Å². The average Bonchev–Trinajstić information content (AvgIpc) is 3.28. The van der Waals surface area contributed by atoms with Gasteiger partial charge >= 0.3 is 0 Å². The number of ketones is 1. The summed E-state index contributed by atoms with van der Waals surface area (Å²) in [6.45, 7) is 0. The fraction of sp³-hybridized carbons (Fsp3) is 0.143. The first kappa shape index (κ1) is 15.1. The van der Waals surface area contributed by atoms with Crippen LogP contribution in [0.2, 0.25) is 0 Å². The molecule has 0 amide bonds. The maximum absolute atomic E-state index is 12.5. The van der Waals surface area contributed by atoms with Gasteiger partial charge in [0.05, 0.1) is 5.69 Å². The zero-order chi connectivity index (χ0) is 15.6. The molecule has 1 aromatic carbocycles. The molecule has 2 nitrogen and oxygen atoms in total. The fourth-order valence-corrected chi connectivity index (χ4v) is 3.30. The summed E-state index contributed by atoms with van der Waals surface area (Å²) in [4.78, 5) is 17.4. The van der Waals surface area contributed by atoms with Crippen molar-refractivity contribution in [2.24, 2.45) is 4.99 Å². The summed E-state index contributed by atoms with van der Waals surface area (Å²) in [5.74, 6) is 2.36. The Kier molecular flexibility index (Phi) is 4.33. The van der Waals surface area contributed by atoms with Crippen LogP contribution in [0.1, 0.15) is 24.3 Å². The second kappa shape index (κ2) is 6.59. The highest BCUT2D eigenvalue weighted by Gasteiger charge is 2.33. The van der Waals surface area contributed by atoms with Crippen molar-refractivity contribution in [2.75, 3.05) is 0 Å². The molecular formula is C21H17NO. The number of benzene rings is 1. The van der Waals surface area contributed by atoms with E-state index >= 15 is 0 Å². The molecule has 0 N–H and O–H groups in total. The van der Waals surface area contributed by atoms with E-state index in [4.69, 9.17) is 4.99 Å². The Balaban J connectivity index is 1.56. The van der Waals surface area contributed by atoms with Gasteiger partial charge in [-0.1, -0.05) is 18.2 Å². The van der Waals surface area contributed by atoms with Crippen molar-refractivity contribution in [3.63, 3.8) is 0 Å². The normalized spacial score (nSPS) is 25.4. The lowest BCUT2D eigenvalue weighted by atomic mass is 9.80. The van der Waals surface area contributed by atoms with Gasteiger partial charge in [-0.3, -0.25) is 9.79 Å². The molecule has 23 heavy (non-hydrogen) atoms. The second-order valence-electron chi connectivity index (χ2n) is 5.99. The number of carbonyl (C=O) groups excluding carboxylic acids is 1. The molecular weight excluding hydrogens is 282 g/mol. The molecule has 0 bridgehead atoms. The minimum Gasteiger partial charge on any atom is -0.299 e. The topological polar surface area (TPSA) is 29.4 Å².